The van der Waals surface area contributed by atoms with Gasteiger partial charge in [0, 0.05) is 26.2 Å². The van der Waals surface area contributed by atoms with Gasteiger partial charge < -0.3 is 25.0 Å². The molecule has 0 unspecified atom stereocenters. The highest BCUT2D eigenvalue weighted by Crippen LogP contribution is 2.18. The Hall–Kier alpha value is -2.77. The van der Waals surface area contributed by atoms with Crippen LogP contribution in [-0.4, -0.2) is 62.6 Å². The van der Waals surface area contributed by atoms with Crippen LogP contribution in [0.2, 0.25) is 0 Å². The monoisotopic (exact) mass is 404 g/mol. The van der Waals surface area contributed by atoms with Gasteiger partial charge in [-0.3, -0.25) is 9.59 Å². The third kappa shape index (κ3) is 7.29. The van der Waals surface area contributed by atoms with Crippen LogP contribution in [0, 0.1) is 5.92 Å². The van der Waals surface area contributed by atoms with Crippen molar-refractivity contribution in [2.24, 2.45) is 10.9 Å². The molecule has 0 radical (unpaired) electrons. The van der Waals surface area contributed by atoms with Crippen LogP contribution in [0.1, 0.15) is 32.3 Å². The molecule has 2 N–H and O–H groups in total. The molecule has 29 heavy (non-hydrogen) atoms. The number of aliphatic imine (C=N–C) groups is 1. The van der Waals surface area contributed by atoms with Gasteiger partial charge in [-0.05, 0) is 44.4 Å². The highest BCUT2D eigenvalue weighted by molar-refractivity contribution is 5.85. The fraction of sp³-hybridized carbons (Fsp3) is 0.571. The molecule has 0 atom stereocenters. The van der Waals surface area contributed by atoms with Crippen LogP contribution in [0.15, 0.2) is 29.3 Å². The highest BCUT2D eigenvalue weighted by atomic mass is 16.5. The largest absolute Gasteiger partial charge is 0.497 e. The van der Waals surface area contributed by atoms with E-state index in [0.29, 0.717) is 38.7 Å². The maximum absolute atomic E-state index is 12.2. The molecule has 2 rings (SSSR count). The molecule has 8 nitrogen and oxygen atoms in total. The number of rotatable bonds is 8. The molecule has 160 valence electrons. The lowest BCUT2D eigenvalue weighted by atomic mass is 9.97. The second kappa shape index (κ2) is 11.9. The zero-order valence-electron chi connectivity index (χ0n) is 17.6. The second-order valence-corrected chi connectivity index (χ2v) is 6.81. The van der Waals surface area contributed by atoms with Crippen LogP contribution in [0.4, 0.5) is 0 Å². The Bertz CT molecular complexity index is 682. The minimum atomic E-state index is -0.141. The lowest BCUT2D eigenvalue weighted by Gasteiger charge is -2.33. The standard InChI is InChI=1S/C21H32N4O4/c1-4-22-21(25-12-10-17(11-13-25)20(27)29-5-2)24-15-19(26)23-14-16-6-8-18(28-3)9-7-16/h6-9,17H,4-5,10-15H2,1-3H3,(H,22,24)(H,23,26). The Kier molecular flexibility index (Phi) is 9.27. The Morgan fingerprint density at radius 2 is 1.83 bits per heavy atom. The van der Waals surface area contributed by atoms with Crippen molar-refractivity contribution in [3.63, 3.8) is 0 Å². The Labute approximate surface area is 172 Å². The van der Waals surface area contributed by atoms with Gasteiger partial charge in [0.2, 0.25) is 5.91 Å². The number of nitrogens with one attached hydrogen (secondary N) is 2. The molecule has 1 aliphatic heterocycles. The summed E-state index contributed by atoms with van der Waals surface area (Å²) in [5.74, 6) is 1.17. The third-order valence-corrected chi connectivity index (χ3v) is 4.77. The molecular formula is C21H32N4O4. The summed E-state index contributed by atoms with van der Waals surface area (Å²) in [6, 6.07) is 7.56. The highest BCUT2D eigenvalue weighted by Gasteiger charge is 2.27. The molecule has 1 aromatic rings. The fourth-order valence-electron chi connectivity index (χ4n) is 3.16. The molecule has 1 saturated heterocycles. The minimum absolute atomic E-state index is 0.0519. The number of carbonyl (C=O) groups is 2. The molecule has 1 heterocycles. The SMILES string of the molecule is CCNC(=NCC(=O)NCc1ccc(OC)cc1)N1CCC(C(=O)OCC)CC1. The normalized spacial score (nSPS) is 15.0. The number of carbonyl (C=O) groups excluding carboxylic acids is 2. The van der Waals surface area contributed by atoms with Gasteiger partial charge in [-0.1, -0.05) is 12.1 Å². The van der Waals surface area contributed by atoms with Crippen molar-refractivity contribution < 1.29 is 19.1 Å². The molecule has 0 aromatic heterocycles. The first-order valence-corrected chi connectivity index (χ1v) is 10.2. The molecule has 1 amide bonds. The molecule has 1 aliphatic rings. The lowest BCUT2D eigenvalue weighted by Crippen LogP contribution is -2.47. The van der Waals surface area contributed by atoms with Crippen molar-refractivity contribution in [2.75, 3.05) is 39.9 Å². The third-order valence-electron chi connectivity index (χ3n) is 4.77. The van der Waals surface area contributed by atoms with Gasteiger partial charge in [-0.25, -0.2) is 4.99 Å². The van der Waals surface area contributed by atoms with Crippen LogP contribution >= 0.6 is 0 Å². The number of hydrogen-bond acceptors (Lipinski definition) is 5. The quantitative estimate of drug-likeness (QED) is 0.388. The number of amides is 1. The number of likely N-dealkylation sites (tertiary alicyclic amines) is 1. The molecule has 0 saturated carbocycles. The van der Waals surface area contributed by atoms with Gasteiger partial charge in [0.05, 0.1) is 19.6 Å². The first kappa shape index (κ1) is 22.5. The summed E-state index contributed by atoms with van der Waals surface area (Å²) >= 11 is 0. The molecule has 0 bridgehead atoms. The zero-order valence-corrected chi connectivity index (χ0v) is 17.6. The van der Waals surface area contributed by atoms with E-state index in [9.17, 15) is 9.59 Å². The smallest absolute Gasteiger partial charge is 0.309 e. The van der Waals surface area contributed by atoms with Crippen molar-refractivity contribution in [2.45, 2.75) is 33.2 Å². The molecule has 0 aliphatic carbocycles. The second-order valence-electron chi connectivity index (χ2n) is 6.81. The summed E-state index contributed by atoms with van der Waals surface area (Å²) < 4.78 is 10.2. The number of guanidine groups is 1. The van der Waals surface area contributed by atoms with Crippen LogP contribution in [0.3, 0.4) is 0 Å². The first-order chi connectivity index (χ1) is 14.1. The van der Waals surface area contributed by atoms with E-state index in [1.165, 1.54) is 0 Å². The zero-order chi connectivity index (χ0) is 21.1. The van der Waals surface area contributed by atoms with Crippen molar-refractivity contribution in [3.8, 4) is 5.75 Å². The Morgan fingerprint density at radius 3 is 2.41 bits per heavy atom. The average molecular weight is 405 g/mol. The van der Waals surface area contributed by atoms with E-state index in [-0.39, 0.29) is 24.3 Å². The van der Waals surface area contributed by atoms with Gasteiger partial charge >= 0.3 is 5.97 Å². The van der Waals surface area contributed by atoms with E-state index in [4.69, 9.17) is 9.47 Å². The fourth-order valence-corrected chi connectivity index (χ4v) is 3.16. The van der Waals surface area contributed by atoms with Crippen molar-refractivity contribution in [1.82, 2.24) is 15.5 Å². The summed E-state index contributed by atoms with van der Waals surface area (Å²) in [6.45, 7) is 6.86. The van der Waals surface area contributed by atoms with Crippen LogP contribution in [-0.2, 0) is 20.9 Å². The minimum Gasteiger partial charge on any atom is -0.497 e. The van der Waals surface area contributed by atoms with E-state index in [0.717, 1.165) is 24.2 Å². The maximum atomic E-state index is 12.2. The van der Waals surface area contributed by atoms with Gasteiger partial charge in [-0.15, -0.1) is 0 Å². The predicted molar refractivity (Wildman–Crippen MR) is 112 cm³/mol. The lowest BCUT2D eigenvalue weighted by molar-refractivity contribution is -0.149. The van der Waals surface area contributed by atoms with Crippen LogP contribution < -0.4 is 15.4 Å². The first-order valence-electron chi connectivity index (χ1n) is 10.2. The summed E-state index contributed by atoms with van der Waals surface area (Å²) in [5.41, 5.74) is 0.996. The molecule has 1 aromatic carbocycles. The van der Waals surface area contributed by atoms with Crippen molar-refractivity contribution in [3.05, 3.63) is 29.8 Å². The van der Waals surface area contributed by atoms with E-state index in [1.807, 2.05) is 38.1 Å². The number of esters is 1. The average Bonchev–Trinajstić information content (AvgIpc) is 2.75. The number of ether oxygens (including phenoxy) is 2. The maximum Gasteiger partial charge on any atom is 0.309 e. The van der Waals surface area contributed by atoms with E-state index < -0.39 is 0 Å². The Balaban J connectivity index is 1.83. The van der Waals surface area contributed by atoms with Gasteiger partial charge in [0.1, 0.15) is 12.3 Å². The van der Waals surface area contributed by atoms with Gasteiger partial charge in [-0.2, -0.15) is 0 Å². The summed E-state index contributed by atoms with van der Waals surface area (Å²) in [4.78, 5) is 30.6. The number of benzene rings is 1. The van der Waals surface area contributed by atoms with E-state index in [1.54, 1.807) is 7.11 Å². The molecule has 0 spiro atoms. The van der Waals surface area contributed by atoms with E-state index >= 15 is 0 Å². The van der Waals surface area contributed by atoms with Crippen LogP contribution in [0.5, 0.6) is 5.75 Å². The van der Waals surface area contributed by atoms with Gasteiger partial charge in [0.25, 0.3) is 0 Å². The van der Waals surface area contributed by atoms with Crippen molar-refractivity contribution in [1.29, 1.82) is 0 Å². The number of nitrogens with zero attached hydrogens (tertiary/aromatic N) is 2. The Morgan fingerprint density at radius 1 is 1.14 bits per heavy atom. The van der Waals surface area contributed by atoms with Crippen molar-refractivity contribution >= 4 is 17.8 Å². The number of hydrogen-bond donors (Lipinski definition) is 2. The summed E-state index contributed by atoms with van der Waals surface area (Å²) in [7, 11) is 1.62. The molecule has 8 heteroatoms. The molecule has 1 fully saturated rings. The van der Waals surface area contributed by atoms with Gasteiger partial charge in [0.15, 0.2) is 5.96 Å². The summed E-state index contributed by atoms with van der Waals surface area (Å²) in [6.07, 6.45) is 1.46. The van der Waals surface area contributed by atoms with E-state index in [2.05, 4.69) is 20.5 Å². The van der Waals surface area contributed by atoms with Crippen LogP contribution in [0.25, 0.3) is 0 Å². The number of piperidine rings is 1. The molecular weight excluding hydrogens is 372 g/mol. The topological polar surface area (TPSA) is 92.3 Å². The predicted octanol–water partition coefficient (Wildman–Crippen LogP) is 1.55. The number of methoxy groups -OCH3 is 1. The summed E-state index contributed by atoms with van der Waals surface area (Å²) in [5, 5.41) is 6.11.